The number of pyridine rings is 1. The monoisotopic (exact) mass is 222 g/mol. The normalized spacial score (nSPS) is 11.2. The summed E-state index contributed by atoms with van der Waals surface area (Å²) in [5.41, 5.74) is 12.1. The number of aromatic nitrogens is 1. The highest BCUT2D eigenvalue weighted by atomic mass is 16.1. The highest BCUT2D eigenvalue weighted by molar-refractivity contribution is 5.76. The van der Waals surface area contributed by atoms with Gasteiger partial charge in [-0.25, -0.2) is 4.98 Å². The van der Waals surface area contributed by atoms with Crippen LogP contribution in [0.5, 0.6) is 0 Å². The number of carbonyl (C=O) groups is 1. The minimum Gasteiger partial charge on any atom is -0.396 e. The number of nitrogen functional groups attached to an aromatic ring is 1. The zero-order valence-electron chi connectivity index (χ0n) is 9.87. The van der Waals surface area contributed by atoms with Crippen molar-refractivity contribution in [2.24, 2.45) is 5.73 Å². The molecule has 0 aliphatic rings. The molecule has 0 aliphatic heterocycles. The Morgan fingerprint density at radius 1 is 1.56 bits per heavy atom. The average molecular weight is 222 g/mol. The molecule has 0 bridgehead atoms. The van der Waals surface area contributed by atoms with Gasteiger partial charge in [-0.15, -0.1) is 0 Å². The predicted octanol–water partition coefficient (Wildman–Crippen LogP) is 1.04. The van der Waals surface area contributed by atoms with E-state index in [0.717, 1.165) is 5.56 Å². The number of aryl methyl sites for hydroxylation is 1. The standard InChI is InChI=1S/C11H18N4O/c1-7-4-8(12)10(14-6-7)15-11(2,3)5-9(13)16/h4,6H,5,12H2,1-3H3,(H2,13,16)(H,14,15). The lowest BCUT2D eigenvalue weighted by Crippen LogP contribution is -2.36. The maximum absolute atomic E-state index is 10.9. The molecule has 5 heteroatoms. The zero-order chi connectivity index (χ0) is 12.3. The summed E-state index contributed by atoms with van der Waals surface area (Å²) in [6.45, 7) is 5.67. The van der Waals surface area contributed by atoms with E-state index in [-0.39, 0.29) is 12.3 Å². The number of anilines is 2. The number of hydrogen-bond donors (Lipinski definition) is 3. The molecule has 0 aliphatic carbocycles. The molecule has 1 aromatic rings. The maximum Gasteiger partial charge on any atom is 0.219 e. The van der Waals surface area contributed by atoms with Gasteiger partial charge in [-0.2, -0.15) is 0 Å². The molecule has 0 fully saturated rings. The van der Waals surface area contributed by atoms with Gasteiger partial charge in [0.2, 0.25) is 5.91 Å². The third-order valence-electron chi connectivity index (χ3n) is 2.13. The predicted molar refractivity (Wildman–Crippen MR) is 64.9 cm³/mol. The summed E-state index contributed by atoms with van der Waals surface area (Å²) in [7, 11) is 0. The van der Waals surface area contributed by atoms with Gasteiger partial charge in [0.25, 0.3) is 0 Å². The van der Waals surface area contributed by atoms with Gasteiger partial charge in [0.05, 0.1) is 5.69 Å². The Labute approximate surface area is 95.2 Å². The van der Waals surface area contributed by atoms with Crippen LogP contribution < -0.4 is 16.8 Å². The molecule has 88 valence electrons. The summed E-state index contributed by atoms with van der Waals surface area (Å²) in [4.78, 5) is 15.1. The Kier molecular flexibility index (Phi) is 3.37. The largest absolute Gasteiger partial charge is 0.396 e. The van der Waals surface area contributed by atoms with Crippen LogP contribution in [0.4, 0.5) is 11.5 Å². The van der Waals surface area contributed by atoms with E-state index < -0.39 is 5.54 Å². The topological polar surface area (TPSA) is 94.0 Å². The van der Waals surface area contributed by atoms with Crippen molar-refractivity contribution in [2.75, 3.05) is 11.1 Å². The second-order valence-corrected chi connectivity index (χ2v) is 4.60. The van der Waals surface area contributed by atoms with Crippen LogP contribution in [0.25, 0.3) is 0 Å². The van der Waals surface area contributed by atoms with Gasteiger partial charge in [-0.3, -0.25) is 4.79 Å². The second-order valence-electron chi connectivity index (χ2n) is 4.60. The van der Waals surface area contributed by atoms with Crippen LogP contribution in [0.2, 0.25) is 0 Å². The van der Waals surface area contributed by atoms with Crippen molar-refractivity contribution < 1.29 is 4.79 Å². The molecule has 0 atom stereocenters. The van der Waals surface area contributed by atoms with Crippen molar-refractivity contribution in [3.8, 4) is 0 Å². The van der Waals surface area contributed by atoms with E-state index in [4.69, 9.17) is 11.5 Å². The molecule has 0 radical (unpaired) electrons. The number of nitrogens with two attached hydrogens (primary N) is 2. The van der Waals surface area contributed by atoms with Gasteiger partial charge in [0.15, 0.2) is 0 Å². The van der Waals surface area contributed by atoms with E-state index in [1.165, 1.54) is 0 Å². The summed E-state index contributed by atoms with van der Waals surface area (Å²) < 4.78 is 0. The number of primary amides is 1. The number of amides is 1. The van der Waals surface area contributed by atoms with Crippen molar-refractivity contribution in [3.63, 3.8) is 0 Å². The van der Waals surface area contributed by atoms with E-state index in [2.05, 4.69) is 10.3 Å². The average Bonchev–Trinajstić information content (AvgIpc) is 2.07. The lowest BCUT2D eigenvalue weighted by Gasteiger charge is -2.26. The van der Waals surface area contributed by atoms with E-state index in [0.29, 0.717) is 11.5 Å². The van der Waals surface area contributed by atoms with Gasteiger partial charge in [-0.05, 0) is 32.4 Å². The number of hydrogen-bond acceptors (Lipinski definition) is 4. The van der Waals surface area contributed by atoms with Crippen LogP contribution in [-0.4, -0.2) is 16.4 Å². The number of nitrogens with one attached hydrogen (secondary N) is 1. The second kappa shape index (κ2) is 4.38. The first-order valence-electron chi connectivity index (χ1n) is 5.09. The van der Waals surface area contributed by atoms with Crippen LogP contribution in [-0.2, 0) is 4.79 Å². The molecule has 1 heterocycles. The summed E-state index contributed by atoms with van der Waals surface area (Å²) >= 11 is 0. The molecular weight excluding hydrogens is 204 g/mol. The van der Waals surface area contributed by atoms with E-state index in [1.54, 1.807) is 6.20 Å². The van der Waals surface area contributed by atoms with Gasteiger partial charge in [-0.1, -0.05) is 0 Å². The Morgan fingerprint density at radius 2 is 2.19 bits per heavy atom. The minimum atomic E-state index is -0.456. The first-order chi connectivity index (χ1) is 7.30. The Bertz CT molecular complexity index is 401. The fraction of sp³-hybridized carbons (Fsp3) is 0.455. The summed E-state index contributed by atoms with van der Waals surface area (Å²) in [5, 5.41) is 3.11. The van der Waals surface area contributed by atoms with Crippen molar-refractivity contribution in [2.45, 2.75) is 32.7 Å². The molecule has 0 saturated heterocycles. The Hall–Kier alpha value is -1.78. The van der Waals surface area contributed by atoms with Crippen molar-refractivity contribution in [1.29, 1.82) is 0 Å². The Balaban J connectivity index is 2.83. The molecule has 1 amide bonds. The summed E-state index contributed by atoms with van der Waals surface area (Å²) in [6.07, 6.45) is 1.95. The SMILES string of the molecule is Cc1cnc(NC(C)(C)CC(N)=O)c(N)c1. The van der Waals surface area contributed by atoms with Crippen LogP contribution in [0.3, 0.4) is 0 Å². The van der Waals surface area contributed by atoms with Crippen LogP contribution in [0, 0.1) is 6.92 Å². The van der Waals surface area contributed by atoms with Gasteiger partial charge in [0.1, 0.15) is 5.82 Å². The summed E-state index contributed by atoms with van der Waals surface area (Å²) in [6, 6.07) is 1.83. The van der Waals surface area contributed by atoms with Gasteiger partial charge in [0, 0.05) is 18.2 Å². The van der Waals surface area contributed by atoms with Crippen LogP contribution >= 0.6 is 0 Å². The number of nitrogens with zero attached hydrogens (tertiary/aromatic N) is 1. The fourth-order valence-electron chi connectivity index (χ4n) is 1.50. The third kappa shape index (κ3) is 3.42. The fourth-order valence-corrected chi connectivity index (χ4v) is 1.50. The lowest BCUT2D eigenvalue weighted by molar-refractivity contribution is -0.118. The molecule has 16 heavy (non-hydrogen) atoms. The van der Waals surface area contributed by atoms with Crippen LogP contribution in [0.15, 0.2) is 12.3 Å². The maximum atomic E-state index is 10.9. The van der Waals surface area contributed by atoms with E-state index >= 15 is 0 Å². The molecule has 1 rings (SSSR count). The van der Waals surface area contributed by atoms with Crippen molar-refractivity contribution in [1.82, 2.24) is 4.98 Å². The number of rotatable bonds is 4. The van der Waals surface area contributed by atoms with E-state index in [9.17, 15) is 4.79 Å². The van der Waals surface area contributed by atoms with Crippen LogP contribution in [0.1, 0.15) is 25.8 Å². The molecule has 5 nitrogen and oxygen atoms in total. The quantitative estimate of drug-likeness (QED) is 0.709. The molecule has 0 spiro atoms. The van der Waals surface area contributed by atoms with Gasteiger partial charge < -0.3 is 16.8 Å². The first kappa shape index (κ1) is 12.3. The first-order valence-corrected chi connectivity index (χ1v) is 5.09. The Morgan fingerprint density at radius 3 is 2.69 bits per heavy atom. The molecule has 0 aromatic carbocycles. The molecule has 0 unspecified atom stereocenters. The van der Waals surface area contributed by atoms with Gasteiger partial charge >= 0.3 is 0 Å². The molecular formula is C11H18N4O. The van der Waals surface area contributed by atoms with Crippen molar-refractivity contribution >= 4 is 17.4 Å². The zero-order valence-corrected chi connectivity index (χ0v) is 9.87. The smallest absolute Gasteiger partial charge is 0.219 e. The third-order valence-corrected chi connectivity index (χ3v) is 2.13. The molecule has 5 N–H and O–H groups in total. The van der Waals surface area contributed by atoms with Crippen molar-refractivity contribution in [3.05, 3.63) is 17.8 Å². The molecule has 1 aromatic heterocycles. The highest BCUT2D eigenvalue weighted by Gasteiger charge is 2.21. The van der Waals surface area contributed by atoms with E-state index in [1.807, 2.05) is 26.8 Å². The number of carbonyl (C=O) groups excluding carboxylic acids is 1. The molecule has 0 saturated carbocycles. The minimum absolute atomic E-state index is 0.224. The lowest BCUT2D eigenvalue weighted by atomic mass is 10.0. The highest BCUT2D eigenvalue weighted by Crippen LogP contribution is 2.22. The summed E-state index contributed by atoms with van der Waals surface area (Å²) in [5.74, 6) is 0.222.